The van der Waals surface area contributed by atoms with E-state index >= 15 is 0 Å². The van der Waals surface area contributed by atoms with Crippen LogP contribution in [0.2, 0.25) is 0 Å². The van der Waals surface area contributed by atoms with Crippen molar-refractivity contribution in [1.82, 2.24) is 10.2 Å². The molecule has 1 aliphatic rings. The fraction of sp³-hybridized carbons (Fsp3) is 0.562. The third kappa shape index (κ3) is 3.94. The quantitative estimate of drug-likeness (QED) is 0.927. The van der Waals surface area contributed by atoms with Crippen LogP contribution in [0.1, 0.15) is 38.3 Å². The Bertz CT molecular complexity index is 499. The van der Waals surface area contributed by atoms with Gasteiger partial charge in [0, 0.05) is 37.7 Å². The van der Waals surface area contributed by atoms with Crippen molar-refractivity contribution in [3.05, 3.63) is 29.6 Å². The highest BCUT2D eigenvalue weighted by atomic mass is 19.1. The van der Waals surface area contributed by atoms with Crippen molar-refractivity contribution >= 4 is 5.91 Å². The summed E-state index contributed by atoms with van der Waals surface area (Å²) in [5.74, 6) is 0.566. The number of carbonyl (C=O) groups excluding carboxylic acids is 1. The highest BCUT2D eigenvalue weighted by Crippen LogP contribution is 2.27. The van der Waals surface area contributed by atoms with Crippen LogP contribution >= 0.6 is 0 Å². The van der Waals surface area contributed by atoms with Crippen molar-refractivity contribution < 1.29 is 13.9 Å². The second-order valence-electron chi connectivity index (χ2n) is 5.55. The molecule has 1 aliphatic heterocycles. The number of carbonyl (C=O) groups is 1. The highest BCUT2D eigenvalue weighted by Gasteiger charge is 2.23. The van der Waals surface area contributed by atoms with Gasteiger partial charge in [-0.2, -0.15) is 0 Å². The lowest BCUT2D eigenvalue weighted by Gasteiger charge is -2.33. The van der Waals surface area contributed by atoms with Crippen LogP contribution < -0.4 is 10.1 Å². The SMILES string of the molecule is COc1ccc(F)cc1C(C)NC1CCN(C(C)=O)CC1. The number of nitrogens with one attached hydrogen (secondary N) is 1. The molecule has 1 aromatic carbocycles. The zero-order chi connectivity index (χ0) is 15.4. The lowest BCUT2D eigenvalue weighted by atomic mass is 10.0. The molecule has 1 unspecified atom stereocenters. The van der Waals surface area contributed by atoms with Gasteiger partial charge in [0.2, 0.25) is 5.91 Å². The Balaban J connectivity index is 1.98. The van der Waals surface area contributed by atoms with Gasteiger partial charge < -0.3 is 15.0 Å². The van der Waals surface area contributed by atoms with E-state index in [-0.39, 0.29) is 17.8 Å². The molecule has 21 heavy (non-hydrogen) atoms. The van der Waals surface area contributed by atoms with Crippen molar-refractivity contribution in [2.24, 2.45) is 0 Å². The summed E-state index contributed by atoms with van der Waals surface area (Å²) in [6.45, 7) is 5.17. The number of nitrogens with zero attached hydrogens (tertiary/aromatic N) is 1. The third-order valence-electron chi connectivity index (χ3n) is 4.08. The standard InChI is InChI=1S/C16H23FN2O2/c1-11(15-10-13(17)4-5-16(15)21-3)18-14-6-8-19(9-7-14)12(2)20/h4-5,10-11,14,18H,6-9H2,1-3H3. The number of benzene rings is 1. The fourth-order valence-corrected chi connectivity index (χ4v) is 2.85. The molecule has 1 saturated heterocycles. The van der Waals surface area contributed by atoms with Crippen LogP contribution in [0.5, 0.6) is 5.75 Å². The van der Waals surface area contributed by atoms with Crippen LogP contribution in [0, 0.1) is 5.82 Å². The van der Waals surface area contributed by atoms with Gasteiger partial charge in [0.05, 0.1) is 7.11 Å². The second-order valence-corrected chi connectivity index (χ2v) is 5.55. The van der Waals surface area contributed by atoms with Gasteiger partial charge >= 0.3 is 0 Å². The van der Waals surface area contributed by atoms with Gasteiger partial charge in [-0.05, 0) is 38.0 Å². The molecule has 2 rings (SSSR count). The summed E-state index contributed by atoms with van der Waals surface area (Å²) in [6, 6.07) is 4.91. The van der Waals surface area contributed by atoms with E-state index in [9.17, 15) is 9.18 Å². The number of hydrogen-bond acceptors (Lipinski definition) is 3. The number of likely N-dealkylation sites (tertiary alicyclic amines) is 1. The first-order valence-corrected chi connectivity index (χ1v) is 7.36. The van der Waals surface area contributed by atoms with E-state index in [0.29, 0.717) is 11.8 Å². The molecular weight excluding hydrogens is 271 g/mol. The minimum absolute atomic E-state index is 0.00419. The normalized spacial score (nSPS) is 17.6. The summed E-state index contributed by atoms with van der Waals surface area (Å²) >= 11 is 0. The van der Waals surface area contributed by atoms with E-state index in [1.165, 1.54) is 12.1 Å². The largest absolute Gasteiger partial charge is 0.496 e. The average Bonchev–Trinajstić information content (AvgIpc) is 2.47. The maximum Gasteiger partial charge on any atom is 0.219 e. The van der Waals surface area contributed by atoms with E-state index in [2.05, 4.69) is 5.32 Å². The highest BCUT2D eigenvalue weighted by molar-refractivity contribution is 5.73. The predicted octanol–water partition coefficient (Wildman–Crippen LogP) is 2.50. The fourth-order valence-electron chi connectivity index (χ4n) is 2.85. The summed E-state index contributed by atoms with van der Waals surface area (Å²) in [5.41, 5.74) is 0.825. The van der Waals surface area contributed by atoms with E-state index in [4.69, 9.17) is 4.74 Å². The Morgan fingerprint density at radius 2 is 2.10 bits per heavy atom. The van der Waals surface area contributed by atoms with Crippen LogP contribution in [0.25, 0.3) is 0 Å². The molecule has 0 saturated carbocycles. The lowest BCUT2D eigenvalue weighted by molar-refractivity contribution is -0.129. The molecule has 1 fully saturated rings. The Kier molecular flexibility index (Phi) is 5.17. The monoisotopic (exact) mass is 294 g/mol. The third-order valence-corrected chi connectivity index (χ3v) is 4.08. The number of piperidine rings is 1. The number of halogens is 1. The Labute approximate surface area is 125 Å². The topological polar surface area (TPSA) is 41.6 Å². The Morgan fingerprint density at radius 1 is 1.43 bits per heavy atom. The maximum absolute atomic E-state index is 13.4. The molecule has 1 heterocycles. The van der Waals surface area contributed by atoms with E-state index in [0.717, 1.165) is 31.5 Å². The van der Waals surface area contributed by atoms with Crippen molar-refractivity contribution in [3.8, 4) is 5.75 Å². The molecule has 116 valence electrons. The van der Waals surface area contributed by atoms with Crippen LogP contribution in [0.4, 0.5) is 4.39 Å². The van der Waals surface area contributed by atoms with Crippen LogP contribution in [-0.4, -0.2) is 37.0 Å². The smallest absolute Gasteiger partial charge is 0.219 e. The molecule has 1 N–H and O–H groups in total. The summed E-state index contributed by atoms with van der Waals surface area (Å²) in [4.78, 5) is 13.2. The molecule has 0 aliphatic carbocycles. The molecule has 1 amide bonds. The van der Waals surface area contributed by atoms with E-state index < -0.39 is 0 Å². The van der Waals surface area contributed by atoms with Gasteiger partial charge in [0.1, 0.15) is 11.6 Å². The van der Waals surface area contributed by atoms with Gasteiger partial charge in [-0.15, -0.1) is 0 Å². The van der Waals surface area contributed by atoms with E-state index in [1.54, 1.807) is 20.1 Å². The zero-order valence-corrected chi connectivity index (χ0v) is 12.9. The summed E-state index contributed by atoms with van der Waals surface area (Å²) < 4.78 is 18.7. The predicted molar refractivity (Wildman–Crippen MR) is 79.8 cm³/mol. The minimum Gasteiger partial charge on any atom is -0.496 e. The van der Waals surface area contributed by atoms with Crippen molar-refractivity contribution in [1.29, 1.82) is 0 Å². The zero-order valence-electron chi connectivity index (χ0n) is 12.9. The Hall–Kier alpha value is -1.62. The van der Waals surface area contributed by atoms with Gasteiger partial charge in [-0.1, -0.05) is 0 Å². The Morgan fingerprint density at radius 3 is 2.67 bits per heavy atom. The first kappa shape index (κ1) is 15.8. The van der Waals surface area contributed by atoms with Crippen LogP contribution in [0.3, 0.4) is 0 Å². The lowest BCUT2D eigenvalue weighted by Crippen LogP contribution is -2.44. The van der Waals surface area contributed by atoms with Crippen molar-refractivity contribution in [3.63, 3.8) is 0 Å². The molecule has 1 aromatic rings. The summed E-state index contributed by atoms with van der Waals surface area (Å²) in [6.07, 6.45) is 1.84. The van der Waals surface area contributed by atoms with Gasteiger partial charge in [-0.25, -0.2) is 4.39 Å². The molecule has 4 nitrogen and oxygen atoms in total. The number of ether oxygens (including phenoxy) is 1. The van der Waals surface area contributed by atoms with Crippen molar-refractivity contribution in [2.45, 2.75) is 38.8 Å². The number of rotatable bonds is 4. The summed E-state index contributed by atoms with van der Waals surface area (Å²) in [7, 11) is 1.59. The molecular formula is C16H23FN2O2. The van der Waals surface area contributed by atoms with Gasteiger partial charge in [-0.3, -0.25) is 4.79 Å². The molecule has 5 heteroatoms. The van der Waals surface area contributed by atoms with Gasteiger partial charge in [0.25, 0.3) is 0 Å². The molecule has 0 aromatic heterocycles. The van der Waals surface area contributed by atoms with Crippen molar-refractivity contribution in [2.75, 3.05) is 20.2 Å². The van der Waals surface area contributed by atoms with E-state index in [1.807, 2.05) is 11.8 Å². The van der Waals surface area contributed by atoms with Gasteiger partial charge in [0.15, 0.2) is 0 Å². The van der Waals surface area contributed by atoms with Crippen LogP contribution in [-0.2, 0) is 4.79 Å². The maximum atomic E-state index is 13.4. The van der Waals surface area contributed by atoms with Crippen LogP contribution in [0.15, 0.2) is 18.2 Å². The molecule has 1 atom stereocenters. The first-order valence-electron chi connectivity index (χ1n) is 7.36. The molecule has 0 bridgehead atoms. The molecule has 0 spiro atoms. The number of amides is 1. The second kappa shape index (κ2) is 6.89. The number of hydrogen-bond donors (Lipinski definition) is 1. The average molecular weight is 294 g/mol. The minimum atomic E-state index is -0.258. The summed E-state index contributed by atoms with van der Waals surface area (Å²) in [5, 5.41) is 3.51. The first-order chi connectivity index (χ1) is 10.0. The number of methoxy groups -OCH3 is 1. The molecule has 0 radical (unpaired) electrons.